The lowest BCUT2D eigenvalue weighted by atomic mass is 10.2. The minimum absolute atomic E-state index is 0.0194. The van der Waals surface area contributed by atoms with E-state index in [9.17, 15) is 4.79 Å². The highest BCUT2D eigenvalue weighted by molar-refractivity contribution is 7.10. The van der Waals surface area contributed by atoms with Gasteiger partial charge in [0.15, 0.2) is 0 Å². The van der Waals surface area contributed by atoms with Crippen LogP contribution in [-0.4, -0.2) is 12.5 Å². The molecule has 0 spiro atoms. The van der Waals surface area contributed by atoms with Crippen LogP contribution >= 0.6 is 11.3 Å². The molecule has 1 aromatic heterocycles. The fourth-order valence-electron chi connectivity index (χ4n) is 1.81. The Kier molecular flexibility index (Phi) is 4.71. The molecule has 0 bridgehead atoms. The summed E-state index contributed by atoms with van der Waals surface area (Å²) >= 11 is 1.69. The second-order valence-electron chi connectivity index (χ2n) is 4.54. The molecule has 4 heteroatoms. The van der Waals surface area contributed by atoms with Gasteiger partial charge in [-0.3, -0.25) is 4.79 Å². The Bertz CT molecular complexity index is 537. The van der Waals surface area contributed by atoms with Crippen molar-refractivity contribution in [2.24, 2.45) is 0 Å². The van der Waals surface area contributed by atoms with Gasteiger partial charge in [0.05, 0.1) is 6.54 Å². The molecule has 2 aromatic rings. The van der Waals surface area contributed by atoms with E-state index < -0.39 is 0 Å². The smallest absolute Gasteiger partial charge is 0.238 e. The summed E-state index contributed by atoms with van der Waals surface area (Å²) in [6.45, 7) is 4.38. The molecule has 100 valence electrons. The van der Waals surface area contributed by atoms with E-state index in [2.05, 4.69) is 23.6 Å². The largest absolute Gasteiger partial charge is 0.325 e. The van der Waals surface area contributed by atoms with Crippen molar-refractivity contribution in [3.05, 3.63) is 52.2 Å². The van der Waals surface area contributed by atoms with Crippen LogP contribution in [0.2, 0.25) is 0 Å². The third-order valence-electron chi connectivity index (χ3n) is 2.84. The van der Waals surface area contributed by atoms with Gasteiger partial charge in [-0.15, -0.1) is 11.3 Å². The number of carbonyl (C=O) groups is 1. The normalized spacial score (nSPS) is 12.1. The Morgan fingerprint density at radius 3 is 2.84 bits per heavy atom. The fraction of sp³-hybridized carbons (Fsp3) is 0.267. The van der Waals surface area contributed by atoms with Crippen LogP contribution < -0.4 is 10.6 Å². The fourth-order valence-corrected chi connectivity index (χ4v) is 2.57. The molecule has 0 saturated carbocycles. The van der Waals surface area contributed by atoms with Crippen LogP contribution in [0.3, 0.4) is 0 Å². The average molecular weight is 274 g/mol. The Labute approximate surface area is 117 Å². The molecule has 0 fully saturated rings. The standard InChI is InChI=1S/C15H18N2OS/c1-11-5-3-6-13(9-11)17-15(18)10-16-12(2)14-7-4-8-19-14/h3-9,12,16H,10H2,1-2H3,(H,17,18)/t12-/m1/s1. The zero-order valence-electron chi connectivity index (χ0n) is 11.1. The van der Waals surface area contributed by atoms with Gasteiger partial charge in [-0.25, -0.2) is 0 Å². The van der Waals surface area contributed by atoms with Gasteiger partial charge in [-0.05, 0) is 43.0 Å². The zero-order chi connectivity index (χ0) is 13.7. The lowest BCUT2D eigenvalue weighted by molar-refractivity contribution is -0.115. The van der Waals surface area contributed by atoms with Crippen molar-refractivity contribution in [1.29, 1.82) is 0 Å². The highest BCUT2D eigenvalue weighted by Gasteiger charge is 2.08. The SMILES string of the molecule is Cc1cccc(NC(=O)CN[C@H](C)c2cccs2)c1. The molecule has 0 unspecified atom stereocenters. The number of rotatable bonds is 5. The summed E-state index contributed by atoms with van der Waals surface area (Å²) in [5.74, 6) is -0.0194. The van der Waals surface area contributed by atoms with Crippen LogP contribution in [-0.2, 0) is 4.79 Å². The second-order valence-corrected chi connectivity index (χ2v) is 5.51. The number of aryl methyl sites for hydroxylation is 1. The third kappa shape index (κ3) is 4.19. The van der Waals surface area contributed by atoms with Crippen LogP contribution in [0.15, 0.2) is 41.8 Å². The summed E-state index contributed by atoms with van der Waals surface area (Å²) in [5.41, 5.74) is 1.98. The molecule has 3 nitrogen and oxygen atoms in total. The molecule has 1 aromatic carbocycles. The summed E-state index contributed by atoms with van der Waals surface area (Å²) < 4.78 is 0. The summed E-state index contributed by atoms with van der Waals surface area (Å²) in [7, 11) is 0. The van der Waals surface area contributed by atoms with E-state index in [0.717, 1.165) is 11.3 Å². The molecule has 0 radical (unpaired) electrons. The predicted molar refractivity (Wildman–Crippen MR) is 80.5 cm³/mol. The van der Waals surface area contributed by atoms with Crippen LogP contribution in [0.1, 0.15) is 23.4 Å². The number of anilines is 1. The monoisotopic (exact) mass is 274 g/mol. The molecule has 0 saturated heterocycles. The molecular formula is C15H18N2OS. The van der Waals surface area contributed by atoms with Crippen molar-refractivity contribution < 1.29 is 4.79 Å². The van der Waals surface area contributed by atoms with E-state index in [1.54, 1.807) is 11.3 Å². The minimum Gasteiger partial charge on any atom is -0.325 e. The zero-order valence-corrected chi connectivity index (χ0v) is 12.0. The van der Waals surface area contributed by atoms with E-state index >= 15 is 0 Å². The third-order valence-corrected chi connectivity index (χ3v) is 3.90. The highest BCUT2D eigenvalue weighted by Crippen LogP contribution is 2.17. The molecule has 1 atom stereocenters. The molecule has 1 amide bonds. The van der Waals surface area contributed by atoms with Gasteiger partial charge in [-0.2, -0.15) is 0 Å². The maximum atomic E-state index is 11.8. The van der Waals surface area contributed by atoms with Crippen molar-refractivity contribution in [3.63, 3.8) is 0 Å². The Morgan fingerprint density at radius 2 is 2.16 bits per heavy atom. The first-order valence-corrected chi connectivity index (χ1v) is 7.16. The average Bonchev–Trinajstić information content (AvgIpc) is 2.90. The number of amides is 1. The molecule has 2 rings (SSSR count). The van der Waals surface area contributed by atoms with Crippen LogP contribution in [0.25, 0.3) is 0 Å². The van der Waals surface area contributed by atoms with Crippen molar-refractivity contribution in [3.8, 4) is 0 Å². The quantitative estimate of drug-likeness (QED) is 0.878. The highest BCUT2D eigenvalue weighted by atomic mass is 32.1. The number of carbonyl (C=O) groups excluding carboxylic acids is 1. The van der Waals surface area contributed by atoms with Crippen molar-refractivity contribution in [2.45, 2.75) is 19.9 Å². The van der Waals surface area contributed by atoms with Gasteiger partial charge in [-0.1, -0.05) is 18.2 Å². The lowest BCUT2D eigenvalue weighted by Crippen LogP contribution is -2.29. The molecule has 2 N–H and O–H groups in total. The number of hydrogen-bond donors (Lipinski definition) is 2. The van der Waals surface area contributed by atoms with Crippen LogP contribution in [0, 0.1) is 6.92 Å². The Morgan fingerprint density at radius 1 is 1.32 bits per heavy atom. The second kappa shape index (κ2) is 6.50. The van der Waals surface area contributed by atoms with E-state index in [1.807, 2.05) is 42.6 Å². The van der Waals surface area contributed by atoms with Crippen LogP contribution in [0.5, 0.6) is 0 Å². The van der Waals surface area contributed by atoms with Gasteiger partial charge in [0.2, 0.25) is 5.91 Å². The predicted octanol–water partition coefficient (Wildman–Crippen LogP) is 3.35. The molecule has 0 aliphatic carbocycles. The minimum atomic E-state index is -0.0194. The molecule has 0 aliphatic rings. The first-order valence-electron chi connectivity index (χ1n) is 6.28. The summed E-state index contributed by atoms with van der Waals surface area (Å²) in [6, 6.07) is 12.1. The topological polar surface area (TPSA) is 41.1 Å². The summed E-state index contributed by atoms with van der Waals surface area (Å²) in [6.07, 6.45) is 0. The van der Waals surface area contributed by atoms with E-state index in [1.165, 1.54) is 4.88 Å². The van der Waals surface area contributed by atoms with Gasteiger partial charge >= 0.3 is 0 Å². The lowest BCUT2D eigenvalue weighted by Gasteiger charge is -2.12. The van der Waals surface area contributed by atoms with Crippen LogP contribution in [0.4, 0.5) is 5.69 Å². The Balaban J connectivity index is 1.82. The molecular weight excluding hydrogens is 256 g/mol. The Hall–Kier alpha value is -1.65. The molecule has 19 heavy (non-hydrogen) atoms. The number of nitrogens with one attached hydrogen (secondary N) is 2. The van der Waals surface area contributed by atoms with Gasteiger partial charge < -0.3 is 10.6 Å². The number of benzene rings is 1. The van der Waals surface area contributed by atoms with E-state index in [4.69, 9.17) is 0 Å². The molecule has 1 heterocycles. The van der Waals surface area contributed by atoms with Gasteiger partial charge in [0.1, 0.15) is 0 Å². The first kappa shape index (κ1) is 13.8. The van der Waals surface area contributed by atoms with Crippen molar-refractivity contribution >= 4 is 22.9 Å². The van der Waals surface area contributed by atoms with Crippen molar-refractivity contribution in [1.82, 2.24) is 5.32 Å². The van der Waals surface area contributed by atoms with Gasteiger partial charge in [0.25, 0.3) is 0 Å². The summed E-state index contributed by atoms with van der Waals surface area (Å²) in [4.78, 5) is 13.1. The van der Waals surface area contributed by atoms with E-state index in [-0.39, 0.29) is 11.9 Å². The summed E-state index contributed by atoms with van der Waals surface area (Å²) in [5, 5.41) is 8.15. The molecule has 0 aliphatic heterocycles. The maximum absolute atomic E-state index is 11.8. The van der Waals surface area contributed by atoms with Crippen molar-refractivity contribution in [2.75, 3.05) is 11.9 Å². The number of thiophene rings is 1. The first-order chi connectivity index (χ1) is 9.15. The van der Waals surface area contributed by atoms with Gasteiger partial charge in [0, 0.05) is 16.6 Å². The maximum Gasteiger partial charge on any atom is 0.238 e. The number of hydrogen-bond acceptors (Lipinski definition) is 3. The van der Waals surface area contributed by atoms with E-state index in [0.29, 0.717) is 6.54 Å².